The molecular weight excluding hydrogens is 642 g/mol. The Morgan fingerprint density at radius 1 is 0.755 bits per heavy atom. The maximum Gasteiger partial charge on any atom is 0.407 e. The molecule has 3 N–H and O–H groups in total. The molecule has 2 aromatic carbocycles. The summed E-state index contributed by atoms with van der Waals surface area (Å²) in [7, 11) is 0. The highest BCUT2D eigenvalue weighted by Crippen LogP contribution is 2.45. The maximum absolute atomic E-state index is 12.6. The number of hydrogen-bond acceptors (Lipinski definition) is 13. The van der Waals surface area contributed by atoms with E-state index in [0.29, 0.717) is 0 Å². The fourth-order valence-corrected chi connectivity index (χ4v) is 6.79. The van der Waals surface area contributed by atoms with Gasteiger partial charge in [0.2, 0.25) is 0 Å². The summed E-state index contributed by atoms with van der Waals surface area (Å²) in [5.74, 6) is -5.49. The molecule has 0 radical (unpaired) electrons. The molecule has 7 atom stereocenters. The zero-order valence-corrected chi connectivity index (χ0v) is 27.9. The molecular formula is C35H43NO13. The number of amides is 1. The van der Waals surface area contributed by atoms with Gasteiger partial charge in [-0.2, -0.15) is 0 Å². The van der Waals surface area contributed by atoms with Gasteiger partial charge in [-0.15, -0.1) is 0 Å². The first kappa shape index (κ1) is 37.3. The molecule has 0 aromatic heterocycles. The lowest BCUT2D eigenvalue weighted by Gasteiger charge is -2.32. The van der Waals surface area contributed by atoms with Crippen LogP contribution in [-0.4, -0.2) is 104 Å². The van der Waals surface area contributed by atoms with Gasteiger partial charge in [0.05, 0.1) is 31.2 Å². The van der Waals surface area contributed by atoms with Gasteiger partial charge in [-0.1, -0.05) is 48.5 Å². The molecule has 0 saturated heterocycles. The second-order valence-corrected chi connectivity index (χ2v) is 11.9. The molecule has 1 saturated carbocycles. The van der Waals surface area contributed by atoms with E-state index in [-0.39, 0.29) is 38.7 Å². The zero-order valence-electron chi connectivity index (χ0n) is 27.9. The van der Waals surface area contributed by atoms with E-state index in [1.807, 2.05) is 48.5 Å². The van der Waals surface area contributed by atoms with Crippen LogP contribution in [0.1, 0.15) is 51.2 Å². The fourth-order valence-electron chi connectivity index (χ4n) is 6.79. The highest BCUT2D eigenvalue weighted by Gasteiger charge is 2.61. The summed E-state index contributed by atoms with van der Waals surface area (Å²) < 4.78 is 33.5. The number of aliphatic hydroxyl groups excluding tert-OH is 2. The number of ether oxygens (including phenoxy) is 6. The number of hydrogen-bond donors (Lipinski definition) is 3. The van der Waals surface area contributed by atoms with Gasteiger partial charge in [-0.05, 0) is 28.7 Å². The molecule has 2 aromatic rings. The van der Waals surface area contributed by atoms with Gasteiger partial charge in [-0.3, -0.25) is 19.2 Å². The van der Waals surface area contributed by atoms with E-state index in [9.17, 15) is 34.2 Å². The van der Waals surface area contributed by atoms with Gasteiger partial charge in [-0.25, -0.2) is 4.79 Å². The molecule has 49 heavy (non-hydrogen) atoms. The number of carbonyl (C=O) groups excluding carboxylic acids is 5. The molecule has 2 aliphatic rings. The summed E-state index contributed by atoms with van der Waals surface area (Å²) in [5.41, 5.74) is 4.35. The van der Waals surface area contributed by atoms with Gasteiger partial charge in [0.15, 0.2) is 0 Å². The van der Waals surface area contributed by atoms with Gasteiger partial charge in [0.25, 0.3) is 0 Å². The van der Waals surface area contributed by atoms with Gasteiger partial charge in [0.1, 0.15) is 31.0 Å². The van der Waals surface area contributed by atoms with Crippen molar-refractivity contribution in [3.05, 3.63) is 59.7 Å². The van der Waals surface area contributed by atoms with Crippen LogP contribution in [0.4, 0.5) is 4.79 Å². The Bertz CT molecular complexity index is 1450. The third kappa shape index (κ3) is 9.34. The van der Waals surface area contributed by atoms with Crippen LogP contribution in [0.2, 0.25) is 0 Å². The minimum atomic E-state index is -1.37. The molecule has 4 unspecified atom stereocenters. The molecule has 0 bridgehead atoms. The summed E-state index contributed by atoms with van der Waals surface area (Å²) in [4.78, 5) is 61.4. The van der Waals surface area contributed by atoms with E-state index in [1.165, 1.54) is 0 Å². The number of aliphatic hydroxyl groups is 2. The van der Waals surface area contributed by atoms with Crippen molar-refractivity contribution < 1.29 is 62.6 Å². The van der Waals surface area contributed by atoms with E-state index in [1.54, 1.807) is 0 Å². The molecule has 14 heteroatoms. The van der Waals surface area contributed by atoms with Gasteiger partial charge >= 0.3 is 30.0 Å². The number of benzene rings is 2. The van der Waals surface area contributed by atoms with Crippen LogP contribution >= 0.6 is 0 Å². The molecule has 14 nitrogen and oxygen atoms in total. The van der Waals surface area contributed by atoms with E-state index < -0.39 is 78.9 Å². The Morgan fingerprint density at radius 2 is 1.29 bits per heavy atom. The SMILES string of the molecule is CC(=O)OC1C([C@@H](O)CCO)C(OC(C)=O)[C@H](OC(C)=O)C1[C@@H](COCCNC(=O)OCC1c2ccccc2-c2ccccc21)OC(C)=O. The summed E-state index contributed by atoms with van der Waals surface area (Å²) in [6.45, 7) is 3.81. The van der Waals surface area contributed by atoms with Crippen molar-refractivity contribution in [2.24, 2.45) is 11.8 Å². The summed E-state index contributed by atoms with van der Waals surface area (Å²) in [6, 6.07) is 15.9. The van der Waals surface area contributed by atoms with Gasteiger partial charge in [0, 0.05) is 46.8 Å². The highest BCUT2D eigenvalue weighted by atomic mass is 16.6. The number of nitrogens with one attached hydrogen (secondary N) is 1. The predicted molar refractivity (Wildman–Crippen MR) is 171 cm³/mol. The number of fused-ring (bicyclic) bond motifs is 3. The Balaban J connectivity index is 1.42. The molecule has 1 fully saturated rings. The maximum atomic E-state index is 12.6. The standard InChI is InChI=1S/C35H43NO13/c1-19(38)46-29(31-32(47-20(2)39)30(28(42)13-15-37)33(48-21(3)40)34(31)49-22(4)41)18-44-16-14-36-35(43)45-17-27-25-11-7-5-9-23(25)24-10-6-8-12-26(24)27/h5-12,27-34,37,42H,13-18H2,1-4H3,(H,36,43)/t28-,29+,30?,31?,32?,33?,34+/m0/s1. The first-order valence-corrected chi connectivity index (χ1v) is 16.1. The minimum Gasteiger partial charge on any atom is -0.461 e. The molecule has 0 aliphatic heterocycles. The van der Waals surface area contributed by atoms with Crippen molar-refractivity contribution in [3.63, 3.8) is 0 Å². The molecule has 266 valence electrons. The first-order chi connectivity index (χ1) is 23.4. The minimum absolute atomic E-state index is 0.0167. The van der Waals surface area contributed by atoms with Crippen molar-refractivity contribution >= 4 is 30.0 Å². The van der Waals surface area contributed by atoms with Crippen LogP contribution in [0.25, 0.3) is 11.1 Å². The third-order valence-electron chi connectivity index (χ3n) is 8.50. The first-order valence-electron chi connectivity index (χ1n) is 16.1. The van der Waals surface area contributed by atoms with Crippen LogP contribution in [0.15, 0.2) is 48.5 Å². The average Bonchev–Trinajstić information content (AvgIpc) is 3.50. The Hall–Kier alpha value is -4.53. The van der Waals surface area contributed by atoms with E-state index in [4.69, 9.17) is 28.4 Å². The molecule has 0 spiro atoms. The van der Waals surface area contributed by atoms with Crippen molar-refractivity contribution in [3.8, 4) is 11.1 Å². The number of esters is 4. The third-order valence-corrected chi connectivity index (χ3v) is 8.50. The predicted octanol–water partition coefficient (Wildman–Crippen LogP) is 2.26. The fraction of sp³-hybridized carbons (Fsp3) is 0.514. The zero-order chi connectivity index (χ0) is 35.7. The lowest BCUT2D eigenvalue weighted by atomic mass is 9.90. The summed E-state index contributed by atoms with van der Waals surface area (Å²) in [6.07, 6.45) is -7.41. The van der Waals surface area contributed by atoms with Crippen molar-refractivity contribution in [1.29, 1.82) is 0 Å². The highest BCUT2D eigenvalue weighted by molar-refractivity contribution is 5.79. The van der Waals surface area contributed by atoms with Crippen LogP contribution in [0, 0.1) is 11.8 Å². The van der Waals surface area contributed by atoms with Crippen molar-refractivity contribution in [2.75, 3.05) is 33.0 Å². The Morgan fingerprint density at radius 3 is 1.82 bits per heavy atom. The molecule has 0 heterocycles. The second-order valence-electron chi connectivity index (χ2n) is 11.9. The lowest BCUT2D eigenvalue weighted by molar-refractivity contribution is -0.177. The number of carbonyl (C=O) groups is 5. The van der Waals surface area contributed by atoms with Crippen LogP contribution in [0.3, 0.4) is 0 Å². The molecule has 1 amide bonds. The molecule has 4 rings (SSSR count). The van der Waals surface area contributed by atoms with Gasteiger partial charge < -0.3 is 44.0 Å². The number of rotatable bonds is 15. The van der Waals surface area contributed by atoms with E-state index in [0.717, 1.165) is 49.9 Å². The quantitative estimate of drug-likeness (QED) is 0.141. The van der Waals surface area contributed by atoms with Crippen LogP contribution in [-0.2, 0) is 47.6 Å². The summed E-state index contributed by atoms with van der Waals surface area (Å²) >= 11 is 0. The van der Waals surface area contributed by atoms with Crippen LogP contribution < -0.4 is 5.32 Å². The largest absolute Gasteiger partial charge is 0.461 e. The normalized spacial score (nSPS) is 22.2. The number of alkyl carbamates (subject to hydrolysis) is 1. The lowest BCUT2D eigenvalue weighted by Crippen LogP contribution is -2.45. The topological polar surface area (TPSA) is 193 Å². The van der Waals surface area contributed by atoms with E-state index >= 15 is 0 Å². The Labute approximate surface area is 283 Å². The van der Waals surface area contributed by atoms with E-state index in [2.05, 4.69) is 5.32 Å². The second kappa shape index (κ2) is 17.2. The van der Waals surface area contributed by atoms with Crippen LogP contribution in [0.5, 0.6) is 0 Å². The molecule has 2 aliphatic carbocycles. The monoisotopic (exact) mass is 685 g/mol. The van der Waals surface area contributed by atoms with Crippen molar-refractivity contribution in [2.45, 2.75) is 70.6 Å². The smallest absolute Gasteiger partial charge is 0.407 e. The average molecular weight is 686 g/mol. The van der Waals surface area contributed by atoms with Crippen molar-refractivity contribution in [1.82, 2.24) is 5.32 Å². The Kier molecular flexibility index (Phi) is 13.1. The summed E-state index contributed by atoms with van der Waals surface area (Å²) in [5, 5.41) is 23.1.